The van der Waals surface area contributed by atoms with Crippen molar-refractivity contribution in [1.29, 1.82) is 0 Å². The largest absolute Gasteiger partial charge is 0.488 e. The van der Waals surface area contributed by atoms with Crippen LogP contribution in [-0.4, -0.2) is 65.5 Å². The summed E-state index contributed by atoms with van der Waals surface area (Å²) in [5.74, 6) is 0.998. The molecule has 1 amide bonds. The van der Waals surface area contributed by atoms with Crippen molar-refractivity contribution in [3.8, 4) is 5.75 Å². The van der Waals surface area contributed by atoms with Gasteiger partial charge in [0.15, 0.2) is 11.4 Å². The molecule has 1 unspecified atom stereocenters. The highest BCUT2D eigenvalue weighted by Crippen LogP contribution is 2.32. The summed E-state index contributed by atoms with van der Waals surface area (Å²) in [5.41, 5.74) is 2.39. The molecule has 7 nitrogen and oxygen atoms in total. The first-order chi connectivity index (χ1) is 20.1. The van der Waals surface area contributed by atoms with Crippen LogP contribution in [0.15, 0.2) is 53.1 Å². The molecule has 0 saturated carbocycles. The van der Waals surface area contributed by atoms with Gasteiger partial charge in [-0.05, 0) is 81.8 Å². The lowest BCUT2D eigenvalue weighted by Gasteiger charge is -2.46. The van der Waals surface area contributed by atoms with Crippen LogP contribution in [0.5, 0.6) is 5.75 Å². The fraction of sp³-hybridized carbons (Fsp3) is 0.485. The Kier molecular flexibility index (Phi) is 7.44. The molecule has 2 atom stereocenters. The van der Waals surface area contributed by atoms with Crippen LogP contribution in [0.2, 0.25) is 0 Å². The number of amides is 1. The van der Waals surface area contributed by atoms with Crippen molar-refractivity contribution in [2.45, 2.75) is 63.6 Å². The second kappa shape index (κ2) is 11.5. The quantitative estimate of drug-likeness (QED) is 0.287. The van der Waals surface area contributed by atoms with E-state index in [1.54, 1.807) is 6.07 Å². The van der Waals surface area contributed by atoms with E-state index in [-0.39, 0.29) is 30.0 Å². The number of fused-ring (bicyclic) bond motifs is 3. The molecule has 2 N–H and O–H groups in total. The number of rotatable bonds is 7. The van der Waals surface area contributed by atoms with Crippen molar-refractivity contribution in [1.82, 2.24) is 20.1 Å². The molecule has 2 aromatic heterocycles. The number of aromatic nitrogens is 1. The number of carbonyl (C=O) groups excluding carboxylic acids is 1. The minimum absolute atomic E-state index is 0.0768. The molecule has 3 aliphatic rings. The van der Waals surface area contributed by atoms with Crippen molar-refractivity contribution in [3.63, 3.8) is 0 Å². The van der Waals surface area contributed by atoms with Crippen LogP contribution in [-0.2, 0) is 6.61 Å². The van der Waals surface area contributed by atoms with Crippen LogP contribution in [0, 0.1) is 11.7 Å². The number of piperidine rings is 3. The van der Waals surface area contributed by atoms with Gasteiger partial charge in [0.1, 0.15) is 18.1 Å². The Hall–Kier alpha value is -3.36. The number of furan rings is 1. The summed E-state index contributed by atoms with van der Waals surface area (Å²) in [6.07, 6.45) is 10.3. The first kappa shape index (κ1) is 26.5. The second-order valence-electron chi connectivity index (χ2n) is 12.1. The van der Waals surface area contributed by atoms with E-state index < -0.39 is 0 Å². The molecule has 8 heteroatoms. The van der Waals surface area contributed by atoms with Gasteiger partial charge in [-0.2, -0.15) is 0 Å². The topological polar surface area (TPSA) is 73.7 Å². The average molecular weight is 559 g/mol. The number of ether oxygens (including phenoxy) is 1. The van der Waals surface area contributed by atoms with Crippen LogP contribution < -0.4 is 10.1 Å². The lowest BCUT2D eigenvalue weighted by Crippen LogP contribution is -2.52. The van der Waals surface area contributed by atoms with Crippen LogP contribution in [0.4, 0.5) is 4.39 Å². The van der Waals surface area contributed by atoms with Gasteiger partial charge in [0.05, 0.1) is 6.26 Å². The van der Waals surface area contributed by atoms with E-state index in [1.165, 1.54) is 64.1 Å². The highest BCUT2D eigenvalue weighted by molar-refractivity contribution is 5.99. The summed E-state index contributed by atoms with van der Waals surface area (Å²) in [4.78, 5) is 21.9. The van der Waals surface area contributed by atoms with Gasteiger partial charge >= 0.3 is 0 Å². The predicted octanol–water partition coefficient (Wildman–Crippen LogP) is 6.09. The van der Waals surface area contributed by atoms with Crippen molar-refractivity contribution in [2.24, 2.45) is 5.92 Å². The summed E-state index contributed by atoms with van der Waals surface area (Å²) in [7, 11) is 0. The summed E-state index contributed by atoms with van der Waals surface area (Å²) in [5, 5.41) is 4.82. The van der Waals surface area contributed by atoms with Gasteiger partial charge in [-0.1, -0.05) is 24.6 Å². The van der Waals surface area contributed by atoms with Crippen LogP contribution in [0.25, 0.3) is 21.9 Å². The number of halogens is 1. The molecule has 5 heterocycles. The van der Waals surface area contributed by atoms with Gasteiger partial charge in [0.25, 0.3) is 5.91 Å². The Morgan fingerprint density at radius 1 is 1.00 bits per heavy atom. The Balaban J connectivity index is 0.951. The molecule has 2 aromatic carbocycles. The maximum Gasteiger partial charge on any atom is 0.267 e. The zero-order valence-electron chi connectivity index (χ0n) is 23.5. The van der Waals surface area contributed by atoms with E-state index in [0.717, 1.165) is 54.4 Å². The van der Waals surface area contributed by atoms with Crippen LogP contribution >= 0.6 is 0 Å². The summed E-state index contributed by atoms with van der Waals surface area (Å²) >= 11 is 0. The number of hydrogen-bond acceptors (Lipinski definition) is 5. The van der Waals surface area contributed by atoms with Gasteiger partial charge in [-0.15, -0.1) is 0 Å². The van der Waals surface area contributed by atoms with Crippen LogP contribution in [0.1, 0.15) is 61.0 Å². The molecular weight excluding hydrogens is 519 g/mol. The summed E-state index contributed by atoms with van der Waals surface area (Å²) in [6, 6.07) is 13.4. The molecule has 7 rings (SSSR count). The average Bonchev–Trinajstić information content (AvgIpc) is 3.63. The zero-order valence-corrected chi connectivity index (χ0v) is 23.5. The standard InChI is InChI=1S/C33H39FN4O3/c34-27-8-3-7-25-23(21-41-32(25)27)20-40-31-11-4-9-28-26(31)18-29(36-28)33(39)35-24-12-16-37(17-13-24)19-22-6-5-15-38-14-2-1-10-30(22)38/h3-4,7-9,11,18,21-22,24,30,36H,1-2,5-6,10,12-17,19-20H2,(H,35,39)/t22-,30?/m0/s1. The molecular formula is C33H39FN4O3. The van der Waals surface area contributed by atoms with Crippen molar-refractivity contribution in [2.75, 3.05) is 32.7 Å². The number of likely N-dealkylation sites (tertiary alicyclic amines) is 1. The first-order valence-corrected chi connectivity index (χ1v) is 15.3. The van der Waals surface area contributed by atoms with Crippen molar-refractivity contribution in [3.05, 3.63) is 65.8 Å². The van der Waals surface area contributed by atoms with E-state index >= 15 is 0 Å². The van der Waals surface area contributed by atoms with Gasteiger partial charge in [-0.3, -0.25) is 4.79 Å². The van der Waals surface area contributed by atoms with E-state index in [2.05, 4.69) is 20.1 Å². The maximum atomic E-state index is 14.0. The smallest absolute Gasteiger partial charge is 0.267 e. The molecule has 3 aliphatic heterocycles. The number of nitrogens with one attached hydrogen (secondary N) is 2. The molecule has 0 bridgehead atoms. The maximum absolute atomic E-state index is 14.0. The lowest BCUT2D eigenvalue weighted by atomic mass is 9.83. The monoisotopic (exact) mass is 558 g/mol. The van der Waals surface area contributed by atoms with Gasteiger partial charge in [0.2, 0.25) is 0 Å². The SMILES string of the molecule is O=C(NC1CCN(C[C@@H]2CCCN3CCCCC23)CC1)c1cc2c(OCc3coc4c(F)cccc34)cccc2[nH]1. The Morgan fingerprint density at radius 3 is 2.76 bits per heavy atom. The number of benzene rings is 2. The third kappa shape index (κ3) is 5.47. The summed E-state index contributed by atoms with van der Waals surface area (Å²) in [6.45, 7) is 6.12. The number of hydrogen-bond donors (Lipinski definition) is 2. The van der Waals surface area contributed by atoms with Gasteiger partial charge in [0, 0.05) is 53.6 Å². The molecule has 0 aliphatic carbocycles. The third-order valence-electron chi connectivity index (χ3n) is 9.53. The van der Waals surface area contributed by atoms with E-state index in [9.17, 15) is 9.18 Å². The summed E-state index contributed by atoms with van der Waals surface area (Å²) < 4.78 is 25.5. The fourth-order valence-corrected chi connectivity index (χ4v) is 7.36. The minimum Gasteiger partial charge on any atom is -0.488 e. The second-order valence-corrected chi connectivity index (χ2v) is 12.1. The predicted molar refractivity (Wildman–Crippen MR) is 158 cm³/mol. The highest BCUT2D eigenvalue weighted by atomic mass is 19.1. The molecule has 41 heavy (non-hydrogen) atoms. The molecule has 3 saturated heterocycles. The molecule has 216 valence electrons. The van der Waals surface area contributed by atoms with E-state index in [1.807, 2.05) is 30.3 Å². The van der Waals surface area contributed by atoms with E-state index in [0.29, 0.717) is 16.8 Å². The first-order valence-electron chi connectivity index (χ1n) is 15.3. The Morgan fingerprint density at radius 2 is 1.85 bits per heavy atom. The Labute approximate surface area is 240 Å². The third-order valence-corrected chi connectivity index (χ3v) is 9.53. The number of aromatic amines is 1. The Bertz CT molecular complexity index is 1520. The van der Waals surface area contributed by atoms with Crippen LogP contribution in [0.3, 0.4) is 0 Å². The molecule has 0 spiro atoms. The number of para-hydroxylation sites is 1. The molecule has 3 fully saturated rings. The van der Waals surface area contributed by atoms with Gasteiger partial charge in [-0.25, -0.2) is 4.39 Å². The number of nitrogens with zero attached hydrogens (tertiary/aromatic N) is 2. The lowest BCUT2D eigenvalue weighted by molar-refractivity contribution is 0.0351. The van der Waals surface area contributed by atoms with Crippen molar-refractivity contribution < 1.29 is 18.3 Å². The van der Waals surface area contributed by atoms with E-state index in [4.69, 9.17) is 9.15 Å². The zero-order chi connectivity index (χ0) is 27.8. The normalized spacial score (nSPS) is 22.7. The number of H-pyrrole nitrogens is 1. The van der Waals surface area contributed by atoms with Crippen molar-refractivity contribution >= 4 is 27.8 Å². The fourth-order valence-electron chi connectivity index (χ4n) is 7.36. The van der Waals surface area contributed by atoms with Gasteiger partial charge < -0.3 is 29.3 Å². The highest BCUT2D eigenvalue weighted by Gasteiger charge is 2.34. The molecule has 0 radical (unpaired) electrons. The molecule has 4 aromatic rings. The minimum atomic E-state index is -0.386. The number of carbonyl (C=O) groups is 1.